The van der Waals surface area contributed by atoms with Crippen LogP contribution < -0.4 is 4.74 Å². The van der Waals surface area contributed by atoms with Crippen LogP contribution in [0.1, 0.15) is 17.0 Å². The number of hydrogen-bond acceptors (Lipinski definition) is 4. The molecule has 6 heteroatoms. The van der Waals surface area contributed by atoms with Gasteiger partial charge in [-0.05, 0) is 29.3 Å². The Bertz CT molecular complexity index is 674. The van der Waals surface area contributed by atoms with E-state index in [9.17, 15) is 5.11 Å². The highest BCUT2D eigenvalue weighted by molar-refractivity contribution is 6.31. The first kappa shape index (κ1) is 16.3. The van der Waals surface area contributed by atoms with Gasteiger partial charge in [0.05, 0.1) is 13.3 Å². The van der Waals surface area contributed by atoms with Crippen LogP contribution in [0.3, 0.4) is 0 Å². The zero-order valence-electron chi connectivity index (χ0n) is 13.4. The third kappa shape index (κ3) is 3.52. The topological polar surface area (TPSA) is 50.5 Å². The van der Waals surface area contributed by atoms with E-state index in [0.29, 0.717) is 5.92 Å². The molecule has 0 unspecified atom stereocenters. The molecular weight excluding hydrogens is 314 g/mol. The van der Waals surface area contributed by atoms with Crippen LogP contribution in [0.5, 0.6) is 5.75 Å². The van der Waals surface area contributed by atoms with Gasteiger partial charge < -0.3 is 9.84 Å². The average molecular weight is 336 g/mol. The van der Waals surface area contributed by atoms with E-state index in [2.05, 4.69) is 10.00 Å². The first-order chi connectivity index (χ1) is 11.1. The van der Waals surface area contributed by atoms with Crippen molar-refractivity contribution in [3.63, 3.8) is 0 Å². The molecule has 0 radical (unpaired) electrons. The van der Waals surface area contributed by atoms with Crippen LogP contribution in [0.15, 0.2) is 30.6 Å². The Labute approximate surface area is 141 Å². The van der Waals surface area contributed by atoms with E-state index < -0.39 is 0 Å². The lowest BCUT2D eigenvalue weighted by atomic mass is 9.92. The summed E-state index contributed by atoms with van der Waals surface area (Å²) in [5.41, 5.74) is 2.24. The summed E-state index contributed by atoms with van der Waals surface area (Å²) in [7, 11) is 3.57. The molecule has 2 aromatic rings. The monoisotopic (exact) mass is 335 g/mol. The lowest BCUT2D eigenvalue weighted by Crippen LogP contribution is -2.21. The largest absolute Gasteiger partial charge is 0.497 e. The van der Waals surface area contributed by atoms with Crippen molar-refractivity contribution in [2.24, 2.45) is 13.0 Å². The number of aliphatic hydroxyl groups excluding tert-OH is 1. The molecule has 0 amide bonds. The first-order valence-corrected chi connectivity index (χ1v) is 8.12. The van der Waals surface area contributed by atoms with Crippen molar-refractivity contribution in [3.05, 3.63) is 46.7 Å². The van der Waals surface area contributed by atoms with Crippen molar-refractivity contribution in [3.8, 4) is 5.75 Å². The third-order valence-corrected chi connectivity index (χ3v) is 4.92. The van der Waals surface area contributed by atoms with Gasteiger partial charge in [0.15, 0.2) is 0 Å². The maximum absolute atomic E-state index is 9.73. The average Bonchev–Trinajstić information content (AvgIpc) is 3.15. The molecule has 1 aromatic heterocycles. The highest BCUT2D eigenvalue weighted by atomic mass is 35.5. The van der Waals surface area contributed by atoms with Gasteiger partial charge >= 0.3 is 0 Å². The third-order valence-electron chi connectivity index (χ3n) is 4.55. The fraction of sp³-hybridized carbons (Fsp3) is 0.471. The number of nitrogens with zero attached hydrogens (tertiary/aromatic N) is 3. The molecule has 124 valence electrons. The van der Waals surface area contributed by atoms with E-state index >= 15 is 0 Å². The van der Waals surface area contributed by atoms with Crippen LogP contribution >= 0.6 is 11.6 Å². The maximum atomic E-state index is 9.73. The van der Waals surface area contributed by atoms with Gasteiger partial charge in [0.25, 0.3) is 0 Å². The fourth-order valence-electron chi connectivity index (χ4n) is 3.32. The summed E-state index contributed by atoms with van der Waals surface area (Å²) in [5, 5.41) is 14.7. The molecule has 0 saturated carbocycles. The lowest BCUT2D eigenvalue weighted by molar-refractivity contribution is 0.214. The van der Waals surface area contributed by atoms with Crippen molar-refractivity contribution in [2.45, 2.75) is 12.5 Å². The summed E-state index contributed by atoms with van der Waals surface area (Å²) in [4.78, 5) is 2.33. The summed E-state index contributed by atoms with van der Waals surface area (Å²) in [6, 6.07) is 5.71. The van der Waals surface area contributed by atoms with Crippen LogP contribution in [0.4, 0.5) is 0 Å². The van der Waals surface area contributed by atoms with Gasteiger partial charge in [-0.15, -0.1) is 0 Å². The summed E-state index contributed by atoms with van der Waals surface area (Å²) < 4.78 is 7.09. The molecule has 1 aromatic carbocycles. The Morgan fingerprint density at radius 3 is 2.87 bits per heavy atom. The van der Waals surface area contributed by atoms with Crippen molar-refractivity contribution < 1.29 is 9.84 Å². The van der Waals surface area contributed by atoms with Gasteiger partial charge in [0, 0.05) is 56.3 Å². The smallest absolute Gasteiger partial charge is 0.119 e. The molecule has 1 N–H and O–H groups in total. The molecule has 3 rings (SSSR count). The van der Waals surface area contributed by atoms with E-state index in [-0.39, 0.29) is 12.5 Å². The minimum atomic E-state index is 0.182. The summed E-state index contributed by atoms with van der Waals surface area (Å²) in [5.74, 6) is 1.34. The van der Waals surface area contributed by atoms with E-state index in [0.717, 1.165) is 36.0 Å². The van der Waals surface area contributed by atoms with Crippen LogP contribution in [0.2, 0.25) is 5.02 Å². The highest BCUT2D eigenvalue weighted by Gasteiger charge is 2.34. The molecule has 1 saturated heterocycles. The zero-order chi connectivity index (χ0) is 16.4. The number of methoxy groups -OCH3 is 1. The molecule has 0 bridgehead atoms. The van der Waals surface area contributed by atoms with E-state index in [1.54, 1.807) is 7.11 Å². The summed E-state index contributed by atoms with van der Waals surface area (Å²) in [6.07, 6.45) is 3.94. The molecule has 0 aliphatic carbocycles. The molecule has 1 aliphatic rings. The normalized spacial score (nSPS) is 21.7. The molecule has 23 heavy (non-hydrogen) atoms. The van der Waals surface area contributed by atoms with Gasteiger partial charge in [-0.1, -0.05) is 11.6 Å². The number of aliphatic hydroxyl groups is 1. The number of likely N-dealkylation sites (tertiary alicyclic amines) is 1. The van der Waals surface area contributed by atoms with Gasteiger partial charge in [-0.25, -0.2) is 0 Å². The van der Waals surface area contributed by atoms with E-state index in [1.807, 2.05) is 42.3 Å². The van der Waals surface area contributed by atoms with Crippen molar-refractivity contribution in [2.75, 3.05) is 26.8 Å². The molecule has 2 atom stereocenters. The van der Waals surface area contributed by atoms with Crippen LogP contribution in [-0.2, 0) is 13.6 Å². The van der Waals surface area contributed by atoms with Gasteiger partial charge in [-0.3, -0.25) is 9.58 Å². The predicted octanol–water partition coefficient (Wildman–Crippen LogP) is 2.29. The Morgan fingerprint density at radius 2 is 2.22 bits per heavy atom. The first-order valence-electron chi connectivity index (χ1n) is 7.75. The van der Waals surface area contributed by atoms with Crippen molar-refractivity contribution in [1.82, 2.24) is 14.7 Å². The number of aromatic nitrogens is 2. The minimum absolute atomic E-state index is 0.182. The quantitative estimate of drug-likeness (QED) is 0.911. The zero-order valence-corrected chi connectivity index (χ0v) is 14.2. The van der Waals surface area contributed by atoms with Crippen LogP contribution in [0, 0.1) is 5.92 Å². The van der Waals surface area contributed by atoms with Crippen LogP contribution in [-0.4, -0.2) is 46.6 Å². The molecule has 1 fully saturated rings. The number of halogens is 1. The number of hydrogen-bond donors (Lipinski definition) is 1. The Hall–Kier alpha value is -1.56. The second-order valence-corrected chi connectivity index (χ2v) is 6.56. The summed E-state index contributed by atoms with van der Waals surface area (Å²) >= 11 is 6.31. The molecule has 1 aliphatic heterocycles. The molecular formula is C17H22ClN3O2. The second-order valence-electron chi connectivity index (χ2n) is 6.15. The SMILES string of the molecule is COc1ccc(Cl)c(CN2C[C@@H](CO)[C@H](c3cnn(C)c3)C2)c1. The maximum Gasteiger partial charge on any atom is 0.119 e. The minimum Gasteiger partial charge on any atom is -0.497 e. The van der Waals surface area contributed by atoms with E-state index in [4.69, 9.17) is 16.3 Å². The Kier molecular flexibility index (Phi) is 4.90. The van der Waals surface area contributed by atoms with Gasteiger partial charge in [0.2, 0.25) is 0 Å². The Morgan fingerprint density at radius 1 is 1.39 bits per heavy atom. The highest BCUT2D eigenvalue weighted by Crippen LogP contribution is 2.34. The lowest BCUT2D eigenvalue weighted by Gasteiger charge is -2.17. The van der Waals surface area contributed by atoms with Gasteiger partial charge in [0.1, 0.15) is 5.75 Å². The number of benzene rings is 1. The van der Waals surface area contributed by atoms with Crippen molar-refractivity contribution >= 4 is 11.6 Å². The molecule has 5 nitrogen and oxygen atoms in total. The predicted molar refractivity (Wildman–Crippen MR) is 89.8 cm³/mol. The van der Waals surface area contributed by atoms with Crippen LogP contribution in [0.25, 0.3) is 0 Å². The molecule has 0 spiro atoms. The second kappa shape index (κ2) is 6.91. The standard InChI is InChI=1S/C17H22ClN3O2/c1-20-7-13(6-19-20)16-10-21(9-14(16)11-22)8-12-5-15(23-2)3-4-17(12)18/h3-7,14,16,22H,8-11H2,1-2H3/t14-,16-/m0/s1. The summed E-state index contributed by atoms with van der Waals surface area (Å²) in [6.45, 7) is 2.68. The van der Waals surface area contributed by atoms with E-state index in [1.165, 1.54) is 5.56 Å². The molecule has 2 heterocycles. The number of rotatable bonds is 5. The number of aryl methyl sites for hydroxylation is 1. The van der Waals surface area contributed by atoms with Crippen molar-refractivity contribution in [1.29, 1.82) is 0 Å². The fourth-order valence-corrected chi connectivity index (χ4v) is 3.50. The number of ether oxygens (including phenoxy) is 1. The van der Waals surface area contributed by atoms with Gasteiger partial charge in [-0.2, -0.15) is 5.10 Å². The Balaban J connectivity index is 1.75.